The van der Waals surface area contributed by atoms with E-state index in [0.717, 1.165) is 36.0 Å². The van der Waals surface area contributed by atoms with E-state index in [9.17, 15) is 13.2 Å². The maximum Gasteiger partial charge on any atom is 0.255 e. The predicted molar refractivity (Wildman–Crippen MR) is 129 cm³/mol. The fraction of sp³-hybridized carbons (Fsp3) is 0.240. The van der Waals surface area contributed by atoms with Crippen LogP contribution in [0.5, 0.6) is 0 Å². The van der Waals surface area contributed by atoms with Gasteiger partial charge in [-0.05, 0) is 72.9 Å². The average molecular weight is 469 g/mol. The van der Waals surface area contributed by atoms with Crippen molar-refractivity contribution in [2.45, 2.75) is 31.1 Å². The van der Waals surface area contributed by atoms with Gasteiger partial charge in [-0.3, -0.25) is 4.79 Å². The van der Waals surface area contributed by atoms with Crippen LogP contribution in [0.1, 0.15) is 35.2 Å². The van der Waals surface area contributed by atoms with Crippen LogP contribution in [0.15, 0.2) is 71.6 Å². The summed E-state index contributed by atoms with van der Waals surface area (Å²) in [6.07, 6.45) is 2.88. The number of carbonyl (C=O) groups is 1. The standard InChI is InChI=1S/C25H25ClN2O3S/c1-18-8-11-22(17-24(18)26)27-25(29)21-7-5-6-20(16-21)19-9-12-23(13-10-19)32(30,31)28-14-3-2-4-15-28/h5-13,16-17H,2-4,14-15H2,1H3,(H,27,29). The first-order chi connectivity index (χ1) is 15.3. The molecule has 0 radical (unpaired) electrons. The Hall–Kier alpha value is -2.67. The number of rotatable bonds is 5. The number of hydrogen-bond donors (Lipinski definition) is 1. The lowest BCUT2D eigenvalue weighted by molar-refractivity contribution is 0.102. The summed E-state index contributed by atoms with van der Waals surface area (Å²) in [4.78, 5) is 13.0. The van der Waals surface area contributed by atoms with Crippen LogP contribution in [-0.4, -0.2) is 31.7 Å². The molecule has 3 aromatic rings. The summed E-state index contributed by atoms with van der Waals surface area (Å²) >= 11 is 6.15. The number of piperidine rings is 1. The minimum Gasteiger partial charge on any atom is -0.322 e. The maximum atomic E-state index is 12.9. The van der Waals surface area contributed by atoms with E-state index in [2.05, 4.69) is 5.32 Å². The third-order valence-electron chi connectivity index (χ3n) is 5.69. The monoisotopic (exact) mass is 468 g/mol. The lowest BCUT2D eigenvalue weighted by Crippen LogP contribution is -2.35. The summed E-state index contributed by atoms with van der Waals surface area (Å²) < 4.78 is 27.3. The van der Waals surface area contributed by atoms with Crippen molar-refractivity contribution in [3.63, 3.8) is 0 Å². The van der Waals surface area contributed by atoms with Crippen molar-refractivity contribution in [2.75, 3.05) is 18.4 Å². The summed E-state index contributed by atoms with van der Waals surface area (Å²) in [5, 5.41) is 3.46. The topological polar surface area (TPSA) is 66.5 Å². The Bertz CT molecular complexity index is 1230. The van der Waals surface area contributed by atoms with Crippen molar-refractivity contribution in [3.05, 3.63) is 82.9 Å². The quantitative estimate of drug-likeness (QED) is 0.519. The Morgan fingerprint density at radius 3 is 2.31 bits per heavy atom. The highest BCUT2D eigenvalue weighted by molar-refractivity contribution is 7.89. The van der Waals surface area contributed by atoms with Gasteiger partial charge in [0.05, 0.1) is 4.90 Å². The molecule has 1 N–H and O–H groups in total. The molecule has 166 valence electrons. The molecule has 0 bridgehead atoms. The number of hydrogen-bond acceptors (Lipinski definition) is 3. The van der Waals surface area contributed by atoms with Crippen molar-refractivity contribution >= 4 is 33.2 Å². The summed E-state index contributed by atoms with van der Waals surface area (Å²) in [6, 6.07) is 19.5. The molecular weight excluding hydrogens is 444 g/mol. The fourth-order valence-electron chi connectivity index (χ4n) is 3.79. The Morgan fingerprint density at radius 2 is 1.62 bits per heavy atom. The molecule has 1 heterocycles. The number of halogens is 1. The summed E-state index contributed by atoms with van der Waals surface area (Å²) in [5.41, 5.74) is 3.75. The summed E-state index contributed by atoms with van der Waals surface area (Å²) in [6.45, 7) is 3.06. The first kappa shape index (κ1) is 22.5. The molecule has 0 unspecified atom stereocenters. The van der Waals surface area contributed by atoms with E-state index in [1.807, 2.05) is 31.2 Å². The molecule has 0 aliphatic carbocycles. The van der Waals surface area contributed by atoms with Crippen LogP contribution in [0.2, 0.25) is 5.02 Å². The van der Waals surface area contributed by atoms with Gasteiger partial charge in [0.15, 0.2) is 0 Å². The smallest absolute Gasteiger partial charge is 0.255 e. The van der Waals surface area contributed by atoms with Gasteiger partial charge in [0.2, 0.25) is 10.0 Å². The molecule has 0 atom stereocenters. The summed E-state index contributed by atoms with van der Waals surface area (Å²) in [7, 11) is -3.47. The minimum absolute atomic E-state index is 0.240. The number of nitrogens with one attached hydrogen (secondary N) is 1. The fourth-order valence-corrected chi connectivity index (χ4v) is 5.49. The number of nitrogens with zero attached hydrogens (tertiary/aromatic N) is 1. The SMILES string of the molecule is Cc1ccc(NC(=O)c2cccc(-c3ccc(S(=O)(=O)N4CCCCC4)cc3)c2)cc1Cl. The molecule has 0 aromatic heterocycles. The molecule has 1 amide bonds. The number of anilines is 1. The van der Waals surface area contributed by atoms with Crippen LogP contribution in [0.25, 0.3) is 11.1 Å². The third-order valence-corrected chi connectivity index (χ3v) is 8.01. The number of amides is 1. The van der Waals surface area contributed by atoms with E-state index in [0.29, 0.717) is 34.3 Å². The van der Waals surface area contributed by atoms with Crippen LogP contribution < -0.4 is 5.32 Å². The van der Waals surface area contributed by atoms with Crippen LogP contribution in [-0.2, 0) is 10.0 Å². The Balaban J connectivity index is 1.52. The number of aryl methyl sites for hydroxylation is 1. The van der Waals surface area contributed by atoms with Crippen LogP contribution in [0.4, 0.5) is 5.69 Å². The Morgan fingerprint density at radius 1 is 0.906 bits per heavy atom. The average Bonchev–Trinajstić information content (AvgIpc) is 2.82. The summed E-state index contributed by atoms with van der Waals surface area (Å²) in [5.74, 6) is -0.240. The van der Waals surface area contributed by atoms with Crippen molar-refractivity contribution in [1.29, 1.82) is 0 Å². The molecule has 5 nitrogen and oxygen atoms in total. The second-order valence-electron chi connectivity index (χ2n) is 7.99. The van der Waals surface area contributed by atoms with Gasteiger partial charge in [0.1, 0.15) is 0 Å². The van der Waals surface area contributed by atoms with Gasteiger partial charge in [-0.1, -0.05) is 48.4 Å². The Kier molecular flexibility index (Phi) is 6.65. The van der Waals surface area contributed by atoms with Crippen molar-refractivity contribution in [3.8, 4) is 11.1 Å². The van der Waals surface area contributed by atoms with E-state index >= 15 is 0 Å². The first-order valence-electron chi connectivity index (χ1n) is 10.6. The molecule has 7 heteroatoms. The molecule has 0 saturated carbocycles. The van der Waals surface area contributed by atoms with Crippen LogP contribution >= 0.6 is 11.6 Å². The zero-order valence-corrected chi connectivity index (χ0v) is 19.4. The van der Waals surface area contributed by atoms with E-state index < -0.39 is 10.0 Å². The third kappa shape index (κ3) is 4.88. The molecule has 1 aliphatic rings. The molecule has 1 aliphatic heterocycles. The van der Waals surface area contributed by atoms with Gasteiger partial charge in [-0.25, -0.2) is 8.42 Å². The van der Waals surface area contributed by atoms with Gasteiger partial charge in [0.25, 0.3) is 5.91 Å². The number of carbonyl (C=O) groups excluding carboxylic acids is 1. The van der Waals surface area contributed by atoms with Crippen molar-refractivity contribution in [2.24, 2.45) is 0 Å². The molecule has 32 heavy (non-hydrogen) atoms. The molecular formula is C25H25ClN2O3S. The van der Waals surface area contributed by atoms with E-state index in [4.69, 9.17) is 11.6 Å². The highest BCUT2D eigenvalue weighted by atomic mass is 35.5. The second kappa shape index (κ2) is 9.45. The second-order valence-corrected chi connectivity index (χ2v) is 10.3. The predicted octanol–water partition coefficient (Wildman–Crippen LogP) is 5.74. The van der Waals surface area contributed by atoms with Crippen molar-refractivity contribution in [1.82, 2.24) is 4.31 Å². The molecule has 1 fully saturated rings. The van der Waals surface area contributed by atoms with Gasteiger partial charge in [-0.15, -0.1) is 0 Å². The number of sulfonamides is 1. The highest BCUT2D eigenvalue weighted by Gasteiger charge is 2.25. The van der Waals surface area contributed by atoms with Gasteiger partial charge in [-0.2, -0.15) is 4.31 Å². The van der Waals surface area contributed by atoms with Gasteiger partial charge >= 0.3 is 0 Å². The largest absolute Gasteiger partial charge is 0.322 e. The van der Waals surface area contributed by atoms with Gasteiger partial charge in [0, 0.05) is 29.4 Å². The van der Waals surface area contributed by atoms with E-state index in [-0.39, 0.29) is 5.91 Å². The normalized spacial score (nSPS) is 14.8. The minimum atomic E-state index is -3.47. The van der Waals surface area contributed by atoms with Crippen molar-refractivity contribution < 1.29 is 13.2 Å². The van der Waals surface area contributed by atoms with Gasteiger partial charge < -0.3 is 5.32 Å². The molecule has 4 rings (SSSR count). The lowest BCUT2D eigenvalue weighted by Gasteiger charge is -2.25. The Labute approximate surface area is 194 Å². The van der Waals surface area contributed by atoms with Crippen LogP contribution in [0, 0.1) is 6.92 Å². The maximum absolute atomic E-state index is 12.9. The first-order valence-corrected chi connectivity index (χ1v) is 12.4. The molecule has 0 spiro atoms. The zero-order chi connectivity index (χ0) is 22.7. The van der Waals surface area contributed by atoms with E-state index in [1.54, 1.807) is 46.8 Å². The number of benzene rings is 3. The molecule has 3 aromatic carbocycles. The highest BCUT2D eigenvalue weighted by Crippen LogP contribution is 2.26. The lowest BCUT2D eigenvalue weighted by atomic mass is 10.0. The molecule has 1 saturated heterocycles. The van der Waals surface area contributed by atoms with E-state index in [1.165, 1.54) is 0 Å². The van der Waals surface area contributed by atoms with Crippen LogP contribution in [0.3, 0.4) is 0 Å². The zero-order valence-electron chi connectivity index (χ0n) is 17.8.